The first-order chi connectivity index (χ1) is 15.8. The number of hydrogen-bond acceptors (Lipinski definition) is 4. The van der Waals surface area contributed by atoms with Crippen LogP contribution in [-0.4, -0.2) is 33.6 Å². The molecule has 4 aromatic rings. The molecule has 6 nitrogen and oxygen atoms in total. The minimum atomic E-state index is -0.133. The number of amides is 1. The summed E-state index contributed by atoms with van der Waals surface area (Å²) in [5.74, 6) is -0.133. The van der Waals surface area contributed by atoms with Crippen molar-refractivity contribution in [2.45, 2.75) is 33.1 Å². The zero-order valence-electron chi connectivity index (χ0n) is 19.5. The topological polar surface area (TPSA) is 78.7 Å². The molecule has 0 saturated carbocycles. The molecule has 2 aromatic carbocycles. The van der Waals surface area contributed by atoms with Gasteiger partial charge in [-0.25, -0.2) is 4.98 Å². The van der Waals surface area contributed by atoms with Gasteiger partial charge in [-0.1, -0.05) is 45.0 Å². The Bertz CT molecular complexity index is 1280. The monoisotopic (exact) mass is 442 g/mol. The molecule has 6 heteroatoms. The second-order valence-corrected chi connectivity index (χ2v) is 9.21. The maximum atomic E-state index is 12.9. The molecule has 2 heterocycles. The van der Waals surface area contributed by atoms with Crippen molar-refractivity contribution in [2.75, 3.05) is 23.8 Å². The van der Waals surface area contributed by atoms with Crippen molar-refractivity contribution < 1.29 is 9.90 Å². The molecule has 0 radical (unpaired) electrons. The van der Waals surface area contributed by atoms with Crippen LogP contribution in [0.1, 0.15) is 42.3 Å². The summed E-state index contributed by atoms with van der Waals surface area (Å²) >= 11 is 0. The maximum absolute atomic E-state index is 12.9. The Hall–Kier alpha value is -3.64. The Balaban J connectivity index is 1.64. The molecule has 0 fully saturated rings. The molecule has 4 rings (SSSR count). The van der Waals surface area contributed by atoms with E-state index in [-0.39, 0.29) is 17.9 Å². The van der Waals surface area contributed by atoms with E-state index in [2.05, 4.69) is 36.4 Å². The molecule has 170 valence electrons. The minimum absolute atomic E-state index is 0.0361. The number of hydrogen-bond donors (Lipinski definition) is 3. The number of fused-ring (bicyclic) bond motifs is 1. The predicted molar refractivity (Wildman–Crippen MR) is 134 cm³/mol. The van der Waals surface area contributed by atoms with Crippen molar-refractivity contribution in [3.8, 4) is 11.1 Å². The molecule has 0 aliphatic carbocycles. The van der Waals surface area contributed by atoms with Crippen LogP contribution in [-0.2, 0) is 5.41 Å². The fourth-order valence-electron chi connectivity index (χ4n) is 3.90. The van der Waals surface area contributed by atoms with Crippen molar-refractivity contribution in [2.24, 2.45) is 0 Å². The van der Waals surface area contributed by atoms with Crippen LogP contribution in [0.3, 0.4) is 0 Å². The lowest BCUT2D eigenvalue weighted by Crippen LogP contribution is -2.15. The van der Waals surface area contributed by atoms with Crippen molar-refractivity contribution in [1.82, 2.24) is 9.38 Å². The molecule has 0 unspecified atom stereocenters. The first-order valence-electron chi connectivity index (χ1n) is 11.1. The molecule has 0 saturated heterocycles. The largest absolute Gasteiger partial charge is 0.395 e. The molecular weight excluding hydrogens is 412 g/mol. The Morgan fingerprint density at radius 1 is 1.09 bits per heavy atom. The summed E-state index contributed by atoms with van der Waals surface area (Å²) in [5.41, 5.74) is 7.26. The summed E-state index contributed by atoms with van der Waals surface area (Å²) < 4.78 is 1.95. The third-order valence-corrected chi connectivity index (χ3v) is 5.82. The Morgan fingerprint density at radius 3 is 2.55 bits per heavy atom. The van der Waals surface area contributed by atoms with Gasteiger partial charge in [-0.2, -0.15) is 0 Å². The van der Waals surface area contributed by atoms with Gasteiger partial charge < -0.3 is 20.1 Å². The first-order valence-corrected chi connectivity index (χ1v) is 11.1. The minimum Gasteiger partial charge on any atom is -0.395 e. The second-order valence-electron chi connectivity index (χ2n) is 9.21. The lowest BCUT2D eigenvalue weighted by molar-refractivity contribution is 0.102. The molecule has 1 amide bonds. The van der Waals surface area contributed by atoms with Crippen LogP contribution >= 0.6 is 0 Å². The summed E-state index contributed by atoms with van der Waals surface area (Å²) in [4.78, 5) is 17.3. The van der Waals surface area contributed by atoms with Gasteiger partial charge in [0, 0.05) is 41.9 Å². The predicted octanol–water partition coefficient (Wildman–Crippen LogP) is 5.26. The van der Waals surface area contributed by atoms with E-state index >= 15 is 0 Å². The van der Waals surface area contributed by atoms with Crippen molar-refractivity contribution in [3.05, 3.63) is 83.8 Å². The highest BCUT2D eigenvalue weighted by molar-refractivity contribution is 6.05. The van der Waals surface area contributed by atoms with Crippen LogP contribution < -0.4 is 10.6 Å². The van der Waals surface area contributed by atoms with Gasteiger partial charge in [0.1, 0.15) is 0 Å². The van der Waals surface area contributed by atoms with Crippen LogP contribution in [0, 0.1) is 6.92 Å². The normalized spacial score (nSPS) is 11.5. The summed E-state index contributed by atoms with van der Waals surface area (Å²) in [6.45, 7) is 8.95. The number of anilines is 2. The Labute approximate surface area is 194 Å². The van der Waals surface area contributed by atoms with Gasteiger partial charge in [0.05, 0.1) is 12.3 Å². The van der Waals surface area contributed by atoms with Crippen molar-refractivity contribution in [1.29, 1.82) is 0 Å². The third-order valence-electron chi connectivity index (χ3n) is 5.82. The third kappa shape index (κ3) is 4.76. The average Bonchev–Trinajstić information content (AvgIpc) is 3.27. The van der Waals surface area contributed by atoms with Gasteiger partial charge in [0.25, 0.3) is 5.91 Å². The van der Waals surface area contributed by atoms with Gasteiger partial charge in [0.15, 0.2) is 5.65 Å². The molecule has 0 aliphatic heterocycles. The maximum Gasteiger partial charge on any atom is 0.255 e. The number of carbonyl (C=O) groups is 1. The smallest absolute Gasteiger partial charge is 0.255 e. The standard InChI is InChI=1S/C27H30N4O2/c1-18-22(20-16-24(28-13-15-32)25-29-12-14-31(25)17-20)6-5-7-23(18)30-26(33)19-8-10-21(11-9-19)27(2,3)4/h5-12,14,16-17,28,32H,13,15H2,1-4H3,(H,30,33). The van der Waals surface area contributed by atoms with Crippen molar-refractivity contribution >= 4 is 22.9 Å². The highest BCUT2D eigenvalue weighted by Gasteiger charge is 2.16. The van der Waals surface area contributed by atoms with Crippen LogP contribution in [0.25, 0.3) is 16.8 Å². The number of carbonyl (C=O) groups excluding carboxylic acids is 1. The number of rotatable bonds is 6. The number of imidazole rings is 1. The fraction of sp³-hybridized carbons (Fsp3) is 0.259. The van der Waals surface area contributed by atoms with E-state index in [9.17, 15) is 9.90 Å². The second kappa shape index (κ2) is 9.08. The number of aromatic nitrogens is 2. The van der Waals surface area contributed by atoms with E-state index in [4.69, 9.17) is 0 Å². The molecule has 0 aliphatic rings. The summed E-state index contributed by atoms with van der Waals surface area (Å²) in [6, 6.07) is 15.7. The number of benzene rings is 2. The van der Waals surface area contributed by atoms with E-state index < -0.39 is 0 Å². The first kappa shape index (κ1) is 22.6. The summed E-state index contributed by atoms with van der Waals surface area (Å²) in [6.07, 6.45) is 5.66. The Morgan fingerprint density at radius 2 is 1.85 bits per heavy atom. The summed E-state index contributed by atoms with van der Waals surface area (Å²) in [5, 5.41) is 15.5. The van der Waals surface area contributed by atoms with Gasteiger partial charge in [-0.15, -0.1) is 0 Å². The summed E-state index contributed by atoms with van der Waals surface area (Å²) in [7, 11) is 0. The quantitative estimate of drug-likeness (QED) is 0.380. The number of aliphatic hydroxyl groups is 1. The molecular formula is C27H30N4O2. The van der Waals surface area contributed by atoms with Crippen molar-refractivity contribution in [3.63, 3.8) is 0 Å². The molecule has 33 heavy (non-hydrogen) atoms. The zero-order valence-corrected chi connectivity index (χ0v) is 19.5. The van der Waals surface area contributed by atoms with Gasteiger partial charge in [-0.3, -0.25) is 4.79 Å². The molecule has 0 bridgehead atoms. The molecule has 2 aromatic heterocycles. The van der Waals surface area contributed by atoms with E-state index in [1.807, 2.05) is 72.2 Å². The highest BCUT2D eigenvalue weighted by Crippen LogP contribution is 2.32. The van der Waals surface area contributed by atoms with Gasteiger partial charge in [-0.05, 0) is 53.3 Å². The average molecular weight is 443 g/mol. The fourth-order valence-corrected chi connectivity index (χ4v) is 3.90. The van der Waals surface area contributed by atoms with E-state index in [1.54, 1.807) is 6.20 Å². The lowest BCUT2D eigenvalue weighted by atomic mass is 9.86. The SMILES string of the molecule is Cc1c(NC(=O)c2ccc(C(C)(C)C)cc2)cccc1-c1cc(NCCO)c2nccn2c1. The van der Waals surface area contributed by atoms with Gasteiger partial charge in [0.2, 0.25) is 0 Å². The zero-order chi connectivity index (χ0) is 23.6. The number of nitrogens with one attached hydrogen (secondary N) is 2. The number of aliphatic hydroxyl groups excluding tert-OH is 1. The number of pyridine rings is 1. The van der Waals surface area contributed by atoms with E-state index in [0.717, 1.165) is 33.7 Å². The lowest BCUT2D eigenvalue weighted by Gasteiger charge is -2.19. The Kier molecular flexibility index (Phi) is 6.20. The highest BCUT2D eigenvalue weighted by atomic mass is 16.3. The van der Waals surface area contributed by atoms with E-state index in [1.165, 1.54) is 5.56 Å². The molecule has 3 N–H and O–H groups in total. The van der Waals surface area contributed by atoms with Crippen LogP contribution in [0.15, 0.2) is 67.1 Å². The van der Waals surface area contributed by atoms with Crippen LogP contribution in [0.2, 0.25) is 0 Å². The van der Waals surface area contributed by atoms with Crippen LogP contribution in [0.5, 0.6) is 0 Å². The van der Waals surface area contributed by atoms with Gasteiger partial charge >= 0.3 is 0 Å². The van der Waals surface area contributed by atoms with E-state index in [0.29, 0.717) is 12.1 Å². The molecule has 0 atom stereocenters. The number of nitrogens with zero attached hydrogens (tertiary/aromatic N) is 2. The molecule has 0 spiro atoms. The van der Waals surface area contributed by atoms with Crippen LogP contribution in [0.4, 0.5) is 11.4 Å².